The van der Waals surface area contributed by atoms with Crippen LogP contribution in [0, 0.1) is 5.92 Å². The Kier molecular flexibility index (Phi) is 7.73. The summed E-state index contributed by atoms with van der Waals surface area (Å²) in [5.41, 5.74) is -0.665. The molecule has 0 unspecified atom stereocenters. The third-order valence-electron chi connectivity index (χ3n) is 3.75. The van der Waals surface area contributed by atoms with Crippen molar-refractivity contribution in [3.05, 3.63) is 53.1 Å². The SMILES string of the molecule is CC(C)CNS(=O)(=O)c1ccc(OCC(=O)Nc2ccc(C(F)(F)F)cc2)c(Cl)c1. The first-order chi connectivity index (χ1) is 13.9. The number of anilines is 1. The lowest BCUT2D eigenvalue weighted by molar-refractivity contribution is -0.137. The molecule has 0 heterocycles. The molecule has 0 saturated carbocycles. The highest BCUT2D eigenvalue weighted by molar-refractivity contribution is 7.89. The standard InChI is InChI=1S/C19H20ClF3N2O4S/c1-12(2)10-24-30(27,28)15-7-8-17(16(20)9-15)29-11-18(26)25-14-5-3-13(4-6-14)19(21,22)23/h3-9,12,24H,10-11H2,1-2H3,(H,25,26). The van der Waals surface area contributed by atoms with Crippen molar-refractivity contribution in [1.29, 1.82) is 0 Å². The van der Waals surface area contributed by atoms with E-state index in [1.807, 2.05) is 13.8 Å². The topological polar surface area (TPSA) is 84.5 Å². The van der Waals surface area contributed by atoms with Crippen molar-refractivity contribution in [3.63, 3.8) is 0 Å². The molecule has 0 bridgehead atoms. The summed E-state index contributed by atoms with van der Waals surface area (Å²) in [6.45, 7) is 3.52. The van der Waals surface area contributed by atoms with E-state index < -0.39 is 34.3 Å². The molecule has 0 spiro atoms. The highest BCUT2D eigenvalue weighted by Gasteiger charge is 2.30. The Hall–Kier alpha value is -2.30. The quantitative estimate of drug-likeness (QED) is 0.609. The molecular formula is C19H20ClF3N2O4S. The predicted molar refractivity (Wildman–Crippen MR) is 107 cm³/mol. The average molecular weight is 465 g/mol. The Morgan fingerprint density at radius 1 is 1.13 bits per heavy atom. The van der Waals surface area contributed by atoms with Crippen molar-refractivity contribution in [2.75, 3.05) is 18.5 Å². The van der Waals surface area contributed by atoms with Crippen molar-refractivity contribution < 1.29 is 31.1 Å². The number of carbonyl (C=O) groups excluding carboxylic acids is 1. The Morgan fingerprint density at radius 2 is 1.77 bits per heavy atom. The number of carbonyl (C=O) groups is 1. The minimum Gasteiger partial charge on any atom is -0.482 e. The summed E-state index contributed by atoms with van der Waals surface area (Å²) < 4.78 is 69.8. The van der Waals surface area contributed by atoms with Crippen LogP contribution in [0.15, 0.2) is 47.4 Å². The van der Waals surface area contributed by atoms with Crippen molar-refractivity contribution in [2.24, 2.45) is 5.92 Å². The van der Waals surface area contributed by atoms with E-state index in [-0.39, 0.29) is 33.8 Å². The molecule has 164 valence electrons. The molecule has 0 saturated heterocycles. The van der Waals surface area contributed by atoms with Crippen LogP contribution in [0.3, 0.4) is 0 Å². The van der Waals surface area contributed by atoms with Gasteiger partial charge in [0, 0.05) is 12.2 Å². The van der Waals surface area contributed by atoms with E-state index in [0.29, 0.717) is 0 Å². The monoisotopic (exact) mass is 464 g/mol. The van der Waals surface area contributed by atoms with Gasteiger partial charge in [0.2, 0.25) is 10.0 Å². The summed E-state index contributed by atoms with van der Waals surface area (Å²) in [5, 5.41) is 2.38. The first-order valence-corrected chi connectivity index (χ1v) is 10.6. The molecular weight excluding hydrogens is 445 g/mol. The van der Waals surface area contributed by atoms with Gasteiger partial charge in [-0.2, -0.15) is 13.2 Å². The molecule has 2 aromatic carbocycles. The first-order valence-electron chi connectivity index (χ1n) is 8.77. The number of hydrogen-bond acceptors (Lipinski definition) is 4. The summed E-state index contributed by atoms with van der Waals surface area (Å²) in [4.78, 5) is 11.9. The second-order valence-corrected chi connectivity index (χ2v) is 8.92. The second-order valence-electron chi connectivity index (χ2n) is 6.75. The number of alkyl halides is 3. The zero-order valence-electron chi connectivity index (χ0n) is 16.1. The van der Waals surface area contributed by atoms with Gasteiger partial charge in [-0.15, -0.1) is 0 Å². The third kappa shape index (κ3) is 6.89. The summed E-state index contributed by atoms with van der Waals surface area (Å²) in [5.74, 6) is -0.413. The van der Waals surface area contributed by atoms with E-state index in [4.69, 9.17) is 16.3 Å². The minimum atomic E-state index is -4.47. The number of benzene rings is 2. The van der Waals surface area contributed by atoms with E-state index in [0.717, 1.165) is 24.3 Å². The molecule has 0 atom stereocenters. The molecule has 6 nitrogen and oxygen atoms in total. The van der Waals surface area contributed by atoms with E-state index in [2.05, 4.69) is 10.0 Å². The molecule has 0 radical (unpaired) electrons. The molecule has 0 aliphatic rings. The molecule has 2 aromatic rings. The zero-order chi connectivity index (χ0) is 22.5. The smallest absolute Gasteiger partial charge is 0.416 e. The lowest BCUT2D eigenvalue weighted by Crippen LogP contribution is -2.27. The normalized spacial score (nSPS) is 12.1. The van der Waals surface area contributed by atoms with Crippen LogP contribution in [-0.2, 0) is 21.0 Å². The molecule has 2 N–H and O–H groups in total. The number of amides is 1. The van der Waals surface area contributed by atoms with Gasteiger partial charge in [-0.05, 0) is 48.4 Å². The molecule has 1 amide bonds. The van der Waals surface area contributed by atoms with Crippen molar-refractivity contribution in [2.45, 2.75) is 24.9 Å². The molecule has 0 aliphatic carbocycles. The van der Waals surface area contributed by atoms with Crippen LogP contribution in [-0.4, -0.2) is 27.5 Å². The van der Waals surface area contributed by atoms with E-state index >= 15 is 0 Å². The number of hydrogen-bond donors (Lipinski definition) is 2. The van der Waals surface area contributed by atoms with Crippen LogP contribution >= 0.6 is 11.6 Å². The number of ether oxygens (including phenoxy) is 1. The highest BCUT2D eigenvalue weighted by atomic mass is 35.5. The zero-order valence-corrected chi connectivity index (χ0v) is 17.7. The summed E-state index contributed by atoms with van der Waals surface area (Å²) in [7, 11) is -3.73. The molecule has 0 aliphatic heterocycles. The highest BCUT2D eigenvalue weighted by Crippen LogP contribution is 2.30. The molecule has 11 heteroatoms. The Morgan fingerprint density at radius 3 is 2.30 bits per heavy atom. The number of rotatable bonds is 8. The number of nitrogens with one attached hydrogen (secondary N) is 2. The van der Waals surface area contributed by atoms with Gasteiger partial charge in [-0.25, -0.2) is 13.1 Å². The molecule has 0 aromatic heterocycles. The first kappa shape index (κ1) is 24.0. The van der Waals surface area contributed by atoms with E-state index in [1.165, 1.54) is 18.2 Å². The third-order valence-corrected chi connectivity index (χ3v) is 5.47. The van der Waals surface area contributed by atoms with Gasteiger partial charge in [0.05, 0.1) is 15.5 Å². The molecule has 30 heavy (non-hydrogen) atoms. The van der Waals surface area contributed by atoms with Crippen molar-refractivity contribution in [1.82, 2.24) is 4.72 Å². The van der Waals surface area contributed by atoms with E-state index in [1.54, 1.807) is 0 Å². The van der Waals surface area contributed by atoms with Crippen molar-refractivity contribution >= 4 is 33.2 Å². The Bertz CT molecular complexity index is 994. The van der Waals surface area contributed by atoms with Crippen molar-refractivity contribution in [3.8, 4) is 5.75 Å². The van der Waals surface area contributed by atoms with E-state index in [9.17, 15) is 26.4 Å². The summed E-state index contributed by atoms with van der Waals surface area (Å²) in [6.07, 6.45) is -4.47. The van der Waals surface area contributed by atoms with Crippen LogP contribution in [0.4, 0.5) is 18.9 Å². The van der Waals surface area contributed by atoms with Gasteiger partial charge < -0.3 is 10.1 Å². The van der Waals surface area contributed by atoms with Crippen LogP contribution in [0.25, 0.3) is 0 Å². The van der Waals surface area contributed by atoms with Gasteiger partial charge in [0.1, 0.15) is 5.75 Å². The van der Waals surface area contributed by atoms with Gasteiger partial charge in [0.15, 0.2) is 6.61 Å². The fourth-order valence-corrected chi connectivity index (χ4v) is 3.75. The fourth-order valence-electron chi connectivity index (χ4n) is 2.21. The van der Waals surface area contributed by atoms with Gasteiger partial charge in [-0.3, -0.25) is 4.79 Å². The largest absolute Gasteiger partial charge is 0.482 e. The molecule has 0 fully saturated rings. The van der Waals surface area contributed by atoms with Gasteiger partial charge >= 0.3 is 6.18 Å². The van der Waals surface area contributed by atoms with Gasteiger partial charge in [-0.1, -0.05) is 25.4 Å². The fraction of sp³-hybridized carbons (Fsp3) is 0.316. The number of halogens is 4. The Labute approximate surface area is 177 Å². The maximum absolute atomic E-state index is 12.5. The van der Waals surface area contributed by atoms with Crippen LogP contribution in [0.1, 0.15) is 19.4 Å². The second kappa shape index (κ2) is 9.67. The van der Waals surface area contributed by atoms with Gasteiger partial charge in [0.25, 0.3) is 5.91 Å². The predicted octanol–water partition coefficient (Wildman–Crippen LogP) is 4.31. The van der Waals surface area contributed by atoms with Crippen LogP contribution in [0.5, 0.6) is 5.75 Å². The van der Waals surface area contributed by atoms with Crippen LogP contribution in [0.2, 0.25) is 5.02 Å². The minimum absolute atomic E-state index is 0.00949. The maximum Gasteiger partial charge on any atom is 0.416 e. The molecule has 2 rings (SSSR count). The van der Waals surface area contributed by atoms with Crippen LogP contribution < -0.4 is 14.8 Å². The summed E-state index contributed by atoms with van der Waals surface area (Å²) >= 11 is 6.05. The number of sulfonamides is 1. The average Bonchev–Trinajstić information content (AvgIpc) is 2.65. The lowest BCUT2D eigenvalue weighted by atomic mass is 10.2. The lowest BCUT2D eigenvalue weighted by Gasteiger charge is -2.12. The Balaban J connectivity index is 1.96. The summed E-state index contributed by atoms with van der Waals surface area (Å²) in [6, 6.07) is 7.75. The maximum atomic E-state index is 12.5.